The Morgan fingerprint density at radius 2 is 1.52 bits per heavy atom. The van der Waals surface area contributed by atoms with Crippen LogP contribution < -0.4 is 10.6 Å². The smallest absolute Gasteiger partial charge is 0.335 e. The van der Waals surface area contributed by atoms with Crippen LogP contribution in [0, 0.1) is 17.8 Å². The van der Waals surface area contributed by atoms with E-state index in [2.05, 4.69) is 10.6 Å². The first-order valence-electron chi connectivity index (χ1n) is 10.4. The van der Waals surface area contributed by atoms with E-state index in [1.54, 1.807) is 13.8 Å². The van der Waals surface area contributed by atoms with Crippen LogP contribution in [-0.2, 0) is 19.2 Å². The fraction of sp³-hybridized carbons (Fsp3) is 0.750. The third-order valence-corrected chi connectivity index (χ3v) is 6.73. The molecule has 6 amide bonds. The highest BCUT2D eigenvalue weighted by Gasteiger charge is 2.61. The maximum absolute atomic E-state index is 13.0. The van der Waals surface area contributed by atoms with Gasteiger partial charge in [0.2, 0.25) is 11.8 Å². The Morgan fingerprint density at radius 3 is 2.03 bits per heavy atom. The van der Waals surface area contributed by atoms with Gasteiger partial charge in [-0.1, -0.05) is 0 Å². The van der Waals surface area contributed by atoms with Crippen LogP contribution in [0.1, 0.15) is 52.4 Å². The van der Waals surface area contributed by atoms with Gasteiger partial charge >= 0.3 is 17.8 Å². The highest BCUT2D eigenvalue weighted by atomic mass is 16.2. The molecule has 5 aliphatic rings. The zero-order valence-electron chi connectivity index (χ0n) is 16.9. The molecule has 0 aromatic carbocycles. The third kappa shape index (κ3) is 3.51. The molecular formula is C20H28N4O5. The maximum atomic E-state index is 13.0. The lowest BCUT2D eigenvalue weighted by Gasteiger charge is -2.58. The summed E-state index contributed by atoms with van der Waals surface area (Å²) in [6, 6.07) is -0.753. The molecule has 4 aliphatic carbocycles. The Morgan fingerprint density at radius 1 is 0.966 bits per heavy atom. The average molecular weight is 404 g/mol. The van der Waals surface area contributed by atoms with Crippen molar-refractivity contribution >= 4 is 29.7 Å². The standard InChI is InChI=1S/C20H28N4O5/c1-11(2)22-15(25)9-21-16(26)10-23-17(27)18(28)24(19(23)29)20-6-12-3-13(7-20)5-14(4-12)8-20/h11-14H,3-10H2,1-2H3,(H,21,26)(H,22,25). The number of imide groups is 2. The Bertz CT molecular complexity index is 742. The van der Waals surface area contributed by atoms with Crippen molar-refractivity contribution < 1.29 is 24.0 Å². The molecule has 5 fully saturated rings. The predicted molar refractivity (Wildman–Crippen MR) is 101 cm³/mol. The van der Waals surface area contributed by atoms with E-state index in [1.807, 2.05) is 0 Å². The van der Waals surface area contributed by atoms with Crippen molar-refractivity contribution in [3.8, 4) is 0 Å². The molecule has 9 nitrogen and oxygen atoms in total. The van der Waals surface area contributed by atoms with Crippen LogP contribution in [0.25, 0.3) is 0 Å². The van der Waals surface area contributed by atoms with Gasteiger partial charge < -0.3 is 10.6 Å². The van der Waals surface area contributed by atoms with Crippen molar-refractivity contribution in [2.75, 3.05) is 13.1 Å². The number of urea groups is 1. The lowest BCUT2D eigenvalue weighted by atomic mass is 9.52. The summed E-state index contributed by atoms with van der Waals surface area (Å²) in [4.78, 5) is 63.9. The Kier molecular flexibility index (Phi) is 4.86. The summed E-state index contributed by atoms with van der Waals surface area (Å²) in [5.74, 6) is -1.25. The van der Waals surface area contributed by atoms with E-state index in [0.29, 0.717) is 17.8 Å². The second-order valence-corrected chi connectivity index (χ2v) is 9.46. The van der Waals surface area contributed by atoms with Gasteiger partial charge in [0.15, 0.2) is 0 Å². The Hall–Kier alpha value is -2.45. The zero-order valence-corrected chi connectivity index (χ0v) is 16.9. The van der Waals surface area contributed by atoms with Gasteiger partial charge in [-0.15, -0.1) is 0 Å². The number of hydrogen-bond acceptors (Lipinski definition) is 5. The monoisotopic (exact) mass is 404 g/mol. The van der Waals surface area contributed by atoms with E-state index in [-0.39, 0.29) is 18.5 Å². The molecule has 1 aliphatic heterocycles. The van der Waals surface area contributed by atoms with Gasteiger partial charge in [-0.25, -0.2) is 14.6 Å². The quantitative estimate of drug-likeness (QED) is 0.491. The number of rotatable bonds is 6. The molecule has 0 aromatic heterocycles. The van der Waals surface area contributed by atoms with Crippen LogP contribution in [-0.4, -0.2) is 64.1 Å². The van der Waals surface area contributed by atoms with Gasteiger partial charge in [-0.2, -0.15) is 0 Å². The molecule has 0 aromatic rings. The molecule has 5 rings (SSSR count). The fourth-order valence-electron chi connectivity index (χ4n) is 6.15. The molecule has 0 unspecified atom stereocenters. The predicted octanol–water partition coefficient (Wildman–Crippen LogP) is 0.387. The van der Waals surface area contributed by atoms with Gasteiger partial charge in [-0.05, 0) is 70.1 Å². The molecule has 4 saturated carbocycles. The molecule has 1 saturated heterocycles. The molecule has 29 heavy (non-hydrogen) atoms. The molecule has 4 bridgehead atoms. The summed E-state index contributed by atoms with van der Waals surface area (Å²) in [7, 11) is 0. The summed E-state index contributed by atoms with van der Waals surface area (Å²) in [5, 5.41) is 5.03. The molecule has 0 atom stereocenters. The molecule has 0 radical (unpaired) electrons. The minimum Gasteiger partial charge on any atom is -0.352 e. The van der Waals surface area contributed by atoms with Gasteiger partial charge in [0, 0.05) is 6.04 Å². The van der Waals surface area contributed by atoms with Gasteiger partial charge in [0.1, 0.15) is 6.54 Å². The largest absolute Gasteiger partial charge is 0.352 e. The summed E-state index contributed by atoms with van der Waals surface area (Å²) in [6.45, 7) is 2.79. The third-order valence-electron chi connectivity index (χ3n) is 6.73. The molecule has 1 heterocycles. The molecule has 158 valence electrons. The second-order valence-electron chi connectivity index (χ2n) is 9.46. The number of hydrogen-bond donors (Lipinski definition) is 2. The number of amides is 6. The average Bonchev–Trinajstić information content (AvgIpc) is 2.82. The normalized spacial score (nSPS) is 33.1. The number of carbonyl (C=O) groups is 5. The van der Waals surface area contributed by atoms with Crippen LogP contribution >= 0.6 is 0 Å². The lowest BCUT2D eigenvalue weighted by Crippen LogP contribution is -2.62. The van der Waals surface area contributed by atoms with Crippen molar-refractivity contribution in [2.24, 2.45) is 17.8 Å². The maximum Gasteiger partial charge on any atom is 0.335 e. The number of carbonyl (C=O) groups excluding carboxylic acids is 5. The van der Waals surface area contributed by atoms with Gasteiger partial charge in [0.05, 0.1) is 12.1 Å². The van der Waals surface area contributed by atoms with E-state index in [1.165, 1.54) is 4.90 Å². The Balaban J connectivity index is 1.42. The first-order chi connectivity index (χ1) is 13.7. The van der Waals surface area contributed by atoms with Crippen molar-refractivity contribution in [1.29, 1.82) is 0 Å². The summed E-state index contributed by atoms with van der Waals surface area (Å²) < 4.78 is 0. The summed E-state index contributed by atoms with van der Waals surface area (Å²) in [6.07, 6.45) is 5.73. The first-order valence-corrected chi connectivity index (χ1v) is 10.4. The molecule has 2 N–H and O–H groups in total. The summed E-state index contributed by atoms with van der Waals surface area (Å²) >= 11 is 0. The van der Waals surface area contributed by atoms with Crippen LogP contribution in [0.5, 0.6) is 0 Å². The minimum atomic E-state index is -0.951. The van der Waals surface area contributed by atoms with Crippen molar-refractivity contribution in [3.05, 3.63) is 0 Å². The molecular weight excluding hydrogens is 376 g/mol. The van der Waals surface area contributed by atoms with Gasteiger partial charge in [0.25, 0.3) is 0 Å². The van der Waals surface area contributed by atoms with Crippen LogP contribution in [0.15, 0.2) is 0 Å². The SMILES string of the molecule is CC(C)NC(=O)CNC(=O)CN1C(=O)C(=O)N(C23CC4CC(CC(C4)C2)C3)C1=O. The van der Waals surface area contributed by atoms with Crippen molar-refractivity contribution in [3.63, 3.8) is 0 Å². The van der Waals surface area contributed by atoms with Crippen LogP contribution in [0.4, 0.5) is 4.79 Å². The van der Waals surface area contributed by atoms with E-state index in [9.17, 15) is 24.0 Å². The van der Waals surface area contributed by atoms with Crippen LogP contribution in [0.3, 0.4) is 0 Å². The lowest BCUT2D eigenvalue weighted by molar-refractivity contribution is -0.150. The van der Waals surface area contributed by atoms with Crippen LogP contribution in [0.2, 0.25) is 0 Å². The second kappa shape index (κ2) is 7.11. The van der Waals surface area contributed by atoms with E-state index in [0.717, 1.165) is 43.4 Å². The van der Waals surface area contributed by atoms with E-state index < -0.39 is 35.8 Å². The summed E-state index contributed by atoms with van der Waals surface area (Å²) in [5.41, 5.74) is -0.568. The number of nitrogens with one attached hydrogen (secondary N) is 2. The highest BCUT2D eigenvalue weighted by Crippen LogP contribution is 2.58. The fourth-order valence-corrected chi connectivity index (χ4v) is 6.15. The van der Waals surface area contributed by atoms with Crippen molar-refractivity contribution in [1.82, 2.24) is 20.4 Å². The van der Waals surface area contributed by atoms with E-state index in [4.69, 9.17) is 0 Å². The minimum absolute atomic E-state index is 0.0624. The molecule has 0 spiro atoms. The Labute approximate surface area is 169 Å². The first kappa shape index (κ1) is 19.8. The number of nitrogens with zero attached hydrogens (tertiary/aromatic N) is 2. The van der Waals surface area contributed by atoms with Crippen molar-refractivity contribution in [2.45, 2.75) is 64.0 Å². The molecule has 9 heteroatoms. The van der Waals surface area contributed by atoms with E-state index >= 15 is 0 Å². The topological polar surface area (TPSA) is 116 Å². The van der Waals surface area contributed by atoms with Gasteiger partial charge in [-0.3, -0.25) is 19.2 Å². The zero-order chi connectivity index (χ0) is 20.9. The highest BCUT2D eigenvalue weighted by molar-refractivity contribution is 6.45.